The first-order valence-electron chi connectivity index (χ1n) is 7.84. The Hall–Kier alpha value is -0.510. The first-order valence-corrected chi connectivity index (χ1v) is 8.71. The molecule has 0 spiro atoms. The zero-order valence-corrected chi connectivity index (χ0v) is 13.4. The summed E-state index contributed by atoms with van der Waals surface area (Å²) in [5.74, 6) is 0. The molecule has 20 heavy (non-hydrogen) atoms. The van der Waals surface area contributed by atoms with Gasteiger partial charge in [0.05, 0.1) is 6.61 Å². The van der Waals surface area contributed by atoms with E-state index in [0.717, 1.165) is 24.9 Å². The molecule has 1 saturated carbocycles. The van der Waals surface area contributed by atoms with Crippen molar-refractivity contribution in [3.63, 3.8) is 0 Å². The maximum Gasteiger partial charge on any atom is 0.0587 e. The van der Waals surface area contributed by atoms with Crippen molar-refractivity contribution in [2.24, 2.45) is 0 Å². The Labute approximate surface area is 127 Å². The van der Waals surface area contributed by atoms with Gasteiger partial charge in [-0.2, -0.15) is 0 Å². The van der Waals surface area contributed by atoms with Crippen molar-refractivity contribution < 1.29 is 4.74 Å². The minimum atomic E-state index is 0.774. The maximum atomic E-state index is 5.05. The van der Waals surface area contributed by atoms with E-state index in [9.17, 15) is 0 Å². The molecule has 112 valence electrons. The fourth-order valence-electron chi connectivity index (χ4n) is 2.69. The number of hydrogen-bond acceptors (Lipinski definition) is 3. The summed E-state index contributed by atoms with van der Waals surface area (Å²) in [6, 6.07) is 8.99. The largest absolute Gasteiger partial charge is 0.383 e. The van der Waals surface area contributed by atoms with Crippen LogP contribution in [-0.4, -0.2) is 25.5 Å². The molecule has 1 aromatic carbocycles. The molecule has 1 aromatic rings. The van der Waals surface area contributed by atoms with Crippen LogP contribution in [0.3, 0.4) is 0 Å². The summed E-state index contributed by atoms with van der Waals surface area (Å²) < 4.78 is 5.05. The molecule has 0 unspecified atom stereocenters. The van der Waals surface area contributed by atoms with Crippen LogP contribution in [0.4, 0.5) is 0 Å². The van der Waals surface area contributed by atoms with Gasteiger partial charge in [0, 0.05) is 30.3 Å². The van der Waals surface area contributed by atoms with Crippen molar-refractivity contribution in [3.8, 4) is 0 Å². The molecule has 0 atom stereocenters. The van der Waals surface area contributed by atoms with Crippen molar-refractivity contribution >= 4 is 11.8 Å². The molecule has 1 aliphatic carbocycles. The Morgan fingerprint density at radius 3 is 2.75 bits per heavy atom. The number of nitrogens with one attached hydrogen (secondary N) is 1. The van der Waals surface area contributed by atoms with Crippen molar-refractivity contribution in [3.05, 3.63) is 29.8 Å². The average molecular weight is 293 g/mol. The molecule has 2 rings (SSSR count). The van der Waals surface area contributed by atoms with Gasteiger partial charge in [-0.1, -0.05) is 37.8 Å². The summed E-state index contributed by atoms with van der Waals surface area (Å²) in [5, 5.41) is 4.24. The highest BCUT2D eigenvalue weighted by Gasteiger charge is 2.13. The Morgan fingerprint density at radius 2 is 2.00 bits per heavy atom. The molecule has 0 aromatic heterocycles. The monoisotopic (exact) mass is 293 g/mol. The second kappa shape index (κ2) is 9.43. The average Bonchev–Trinajstić information content (AvgIpc) is 2.73. The molecule has 0 amide bonds. The van der Waals surface area contributed by atoms with Gasteiger partial charge in [0.25, 0.3) is 0 Å². The normalized spacial score (nSPS) is 17.1. The molecule has 1 fully saturated rings. The van der Waals surface area contributed by atoms with Gasteiger partial charge in [0.1, 0.15) is 0 Å². The number of thioether (sulfide) groups is 1. The third kappa shape index (κ3) is 5.86. The van der Waals surface area contributed by atoms with Gasteiger partial charge >= 0.3 is 0 Å². The molecule has 0 radical (unpaired) electrons. The lowest BCUT2D eigenvalue weighted by atomic mass is 10.2. The van der Waals surface area contributed by atoms with Gasteiger partial charge < -0.3 is 10.1 Å². The Bertz CT molecular complexity index is 375. The zero-order chi connectivity index (χ0) is 14.0. The molecule has 1 aliphatic rings. The SMILES string of the molecule is COCCNCc1cccc(SC2CCCCCC2)c1. The van der Waals surface area contributed by atoms with E-state index < -0.39 is 0 Å². The lowest BCUT2D eigenvalue weighted by Crippen LogP contribution is -2.18. The molecule has 0 heterocycles. The number of ether oxygens (including phenoxy) is 1. The van der Waals surface area contributed by atoms with Gasteiger partial charge in [-0.25, -0.2) is 0 Å². The summed E-state index contributed by atoms with van der Waals surface area (Å²) in [7, 11) is 1.74. The first-order chi connectivity index (χ1) is 9.88. The van der Waals surface area contributed by atoms with Crippen molar-refractivity contribution in [2.45, 2.75) is 55.2 Å². The number of benzene rings is 1. The zero-order valence-electron chi connectivity index (χ0n) is 12.6. The van der Waals surface area contributed by atoms with Crippen LogP contribution in [0, 0.1) is 0 Å². The van der Waals surface area contributed by atoms with Gasteiger partial charge in [-0.3, -0.25) is 0 Å². The van der Waals surface area contributed by atoms with Crippen LogP contribution in [-0.2, 0) is 11.3 Å². The minimum absolute atomic E-state index is 0.774. The predicted octanol–water partition coefficient (Wildman–Crippen LogP) is 4.24. The molecule has 0 saturated heterocycles. The Kier molecular flexibility index (Phi) is 7.48. The van der Waals surface area contributed by atoms with Crippen LogP contribution in [0.25, 0.3) is 0 Å². The first kappa shape index (κ1) is 15.9. The molecule has 0 bridgehead atoms. The lowest BCUT2D eigenvalue weighted by molar-refractivity contribution is 0.199. The molecular weight excluding hydrogens is 266 g/mol. The van der Waals surface area contributed by atoms with Gasteiger partial charge in [-0.05, 0) is 30.5 Å². The summed E-state index contributed by atoms with van der Waals surface area (Å²) in [4.78, 5) is 1.43. The minimum Gasteiger partial charge on any atom is -0.383 e. The Balaban J connectivity index is 1.81. The van der Waals surface area contributed by atoms with E-state index in [4.69, 9.17) is 4.74 Å². The van der Waals surface area contributed by atoms with E-state index >= 15 is 0 Å². The lowest BCUT2D eigenvalue weighted by Gasteiger charge is -2.14. The third-order valence-corrected chi connectivity index (χ3v) is 5.15. The van der Waals surface area contributed by atoms with Crippen LogP contribution >= 0.6 is 11.8 Å². The van der Waals surface area contributed by atoms with E-state index in [2.05, 4.69) is 41.3 Å². The molecule has 2 nitrogen and oxygen atoms in total. The van der Waals surface area contributed by atoms with E-state index in [1.165, 1.54) is 49.0 Å². The fraction of sp³-hybridized carbons (Fsp3) is 0.647. The third-order valence-electron chi connectivity index (χ3n) is 3.82. The number of methoxy groups -OCH3 is 1. The quantitative estimate of drug-likeness (QED) is 0.600. The molecule has 0 aliphatic heterocycles. The van der Waals surface area contributed by atoms with Crippen LogP contribution in [0.15, 0.2) is 29.2 Å². The Morgan fingerprint density at radius 1 is 1.20 bits per heavy atom. The van der Waals surface area contributed by atoms with E-state index in [1.54, 1.807) is 7.11 Å². The van der Waals surface area contributed by atoms with Gasteiger partial charge in [0.15, 0.2) is 0 Å². The van der Waals surface area contributed by atoms with Crippen LogP contribution < -0.4 is 5.32 Å². The highest BCUT2D eigenvalue weighted by Crippen LogP contribution is 2.33. The van der Waals surface area contributed by atoms with Crippen molar-refractivity contribution in [1.82, 2.24) is 5.32 Å². The topological polar surface area (TPSA) is 21.3 Å². The summed E-state index contributed by atoms with van der Waals surface area (Å²) in [6.07, 6.45) is 8.47. The second-order valence-electron chi connectivity index (χ2n) is 5.55. The summed E-state index contributed by atoms with van der Waals surface area (Å²) in [6.45, 7) is 2.62. The van der Waals surface area contributed by atoms with Crippen LogP contribution in [0.5, 0.6) is 0 Å². The van der Waals surface area contributed by atoms with E-state index in [1.807, 2.05) is 0 Å². The van der Waals surface area contributed by atoms with Crippen LogP contribution in [0.2, 0.25) is 0 Å². The summed E-state index contributed by atoms with van der Waals surface area (Å²) in [5.41, 5.74) is 1.37. The van der Waals surface area contributed by atoms with Gasteiger partial charge in [-0.15, -0.1) is 11.8 Å². The highest BCUT2D eigenvalue weighted by atomic mass is 32.2. The summed E-state index contributed by atoms with van der Waals surface area (Å²) >= 11 is 2.08. The standard InChI is InChI=1S/C17H27NOS/c1-19-12-11-18-14-15-7-6-10-17(13-15)20-16-8-4-2-3-5-9-16/h6-7,10,13,16,18H,2-5,8-9,11-12,14H2,1H3. The van der Waals surface area contributed by atoms with E-state index in [-0.39, 0.29) is 0 Å². The van der Waals surface area contributed by atoms with E-state index in [0.29, 0.717) is 0 Å². The predicted molar refractivity (Wildman–Crippen MR) is 87.4 cm³/mol. The molecule has 1 N–H and O–H groups in total. The fourth-order valence-corrected chi connectivity index (χ4v) is 4.02. The molecular formula is C17H27NOS. The maximum absolute atomic E-state index is 5.05. The molecule has 3 heteroatoms. The van der Waals surface area contributed by atoms with Crippen molar-refractivity contribution in [2.75, 3.05) is 20.3 Å². The second-order valence-corrected chi connectivity index (χ2v) is 6.92. The smallest absolute Gasteiger partial charge is 0.0587 e. The highest BCUT2D eigenvalue weighted by molar-refractivity contribution is 8.00. The van der Waals surface area contributed by atoms with Gasteiger partial charge in [0.2, 0.25) is 0 Å². The number of hydrogen-bond donors (Lipinski definition) is 1. The van der Waals surface area contributed by atoms with Crippen molar-refractivity contribution in [1.29, 1.82) is 0 Å². The van der Waals surface area contributed by atoms with Crippen LogP contribution in [0.1, 0.15) is 44.1 Å². The number of rotatable bonds is 7.